The van der Waals surface area contributed by atoms with Crippen LogP contribution in [0, 0.1) is 5.82 Å². The van der Waals surface area contributed by atoms with Gasteiger partial charge in [-0.3, -0.25) is 14.5 Å². The Hall–Kier alpha value is -3.81. The molecule has 0 bridgehead atoms. The smallest absolute Gasteiger partial charge is 0.341 e. The van der Waals surface area contributed by atoms with E-state index >= 15 is 4.39 Å². The van der Waals surface area contributed by atoms with E-state index in [1.165, 1.54) is 30.5 Å². The third-order valence-corrected chi connectivity index (χ3v) is 8.04. The van der Waals surface area contributed by atoms with Crippen molar-refractivity contribution in [3.05, 3.63) is 64.2 Å². The highest BCUT2D eigenvalue weighted by Gasteiger charge is 2.28. The first kappa shape index (κ1) is 26.8. The van der Waals surface area contributed by atoms with Crippen LogP contribution in [-0.2, 0) is 14.8 Å². The van der Waals surface area contributed by atoms with Crippen molar-refractivity contribution < 1.29 is 27.5 Å². The van der Waals surface area contributed by atoms with E-state index in [-0.39, 0.29) is 34.2 Å². The number of fused-ring (bicyclic) bond motifs is 1. The molecule has 1 aliphatic heterocycles. The lowest BCUT2D eigenvalue weighted by Crippen LogP contribution is -2.47. The number of pyridine rings is 1. The minimum Gasteiger partial charge on any atom is -0.477 e. The summed E-state index contributed by atoms with van der Waals surface area (Å²) >= 11 is 0. The third-order valence-electron chi connectivity index (χ3n) is 7.11. The molecule has 5 rings (SSSR count). The Bertz CT molecular complexity index is 1610. The van der Waals surface area contributed by atoms with Crippen molar-refractivity contribution >= 4 is 44.2 Å². The number of hydrogen-bond donors (Lipinski definition) is 3. The van der Waals surface area contributed by atoms with Crippen LogP contribution in [0.5, 0.6) is 0 Å². The van der Waals surface area contributed by atoms with Crippen molar-refractivity contribution in [2.45, 2.75) is 30.2 Å². The van der Waals surface area contributed by atoms with Gasteiger partial charge in [0.05, 0.1) is 16.1 Å². The molecule has 0 unspecified atom stereocenters. The van der Waals surface area contributed by atoms with E-state index in [1.807, 2.05) is 4.90 Å². The lowest BCUT2D eigenvalue weighted by atomic mass is 10.1. The quantitative estimate of drug-likeness (QED) is 0.380. The molecule has 39 heavy (non-hydrogen) atoms. The molecule has 0 radical (unpaired) electrons. The maximum atomic E-state index is 15.2. The number of carbonyl (C=O) groups is 2. The molecule has 206 valence electrons. The number of carboxylic acids is 1. The summed E-state index contributed by atoms with van der Waals surface area (Å²) in [6.45, 7) is 2.72. The van der Waals surface area contributed by atoms with Gasteiger partial charge in [-0.25, -0.2) is 22.7 Å². The van der Waals surface area contributed by atoms with Crippen LogP contribution in [0.4, 0.5) is 15.8 Å². The maximum absolute atomic E-state index is 15.2. The van der Waals surface area contributed by atoms with Gasteiger partial charge in [0, 0.05) is 62.5 Å². The second-order valence-corrected chi connectivity index (χ2v) is 11.4. The zero-order valence-corrected chi connectivity index (χ0v) is 21.8. The summed E-state index contributed by atoms with van der Waals surface area (Å²) in [6.07, 6.45) is 3.33. The molecule has 1 saturated carbocycles. The van der Waals surface area contributed by atoms with Gasteiger partial charge >= 0.3 is 5.97 Å². The number of nitrogens with zero attached hydrogens (tertiary/aromatic N) is 3. The number of anilines is 2. The first-order valence-electron chi connectivity index (χ1n) is 12.5. The normalized spacial score (nSPS) is 16.4. The fraction of sp³-hybridized carbons (Fsp3) is 0.346. The Morgan fingerprint density at radius 3 is 2.33 bits per heavy atom. The fourth-order valence-corrected chi connectivity index (χ4v) is 5.35. The number of sulfonamides is 1. The zero-order valence-electron chi connectivity index (χ0n) is 21.0. The van der Waals surface area contributed by atoms with Crippen LogP contribution in [0.3, 0.4) is 0 Å². The Labute approximate surface area is 223 Å². The van der Waals surface area contributed by atoms with Crippen molar-refractivity contribution in [2.75, 3.05) is 42.9 Å². The minimum atomic E-state index is -3.80. The van der Waals surface area contributed by atoms with Crippen molar-refractivity contribution in [2.24, 2.45) is 5.14 Å². The molecular formula is C26H28FN5O6S. The van der Waals surface area contributed by atoms with E-state index < -0.39 is 27.2 Å². The van der Waals surface area contributed by atoms with Gasteiger partial charge in [-0.1, -0.05) is 0 Å². The molecule has 2 aliphatic rings. The number of aromatic carboxylic acids is 1. The van der Waals surface area contributed by atoms with Crippen LogP contribution < -0.4 is 20.8 Å². The van der Waals surface area contributed by atoms with Crippen molar-refractivity contribution in [1.82, 2.24) is 9.47 Å². The van der Waals surface area contributed by atoms with Crippen molar-refractivity contribution in [3.8, 4) is 0 Å². The number of carbonyl (C=O) groups excluding carboxylic acids is 1. The summed E-state index contributed by atoms with van der Waals surface area (Å²) in [4.78, 5) is 40.6. The molecule has 3 aromatic rings. The number of nitrogens with one attached hydrogen (secondary N) is 1. The molecule has 1 aliphatic carbocycles. The summed E-state index contributed by atoms with van der Waals surface area (Å²) in [5.41, 5.74) is 0.298. The highest BCUT2D eigenvalue weighted by Crippen LogP contribution is 2.38. The Morgan fingerprint density at radius 1 is 1.08 bits per heavy atom. The van der Waals surface area contributed by atoms with Crippen LogP contribution in [-0.4, -0.2) is 67.6 Å². The molecule has 4 N–H and O–H groups in total. The molecule has 2 fully saturated rings. The van der Waals surface area contributed by atoms with Gasteiger partial charge in [-0.05, 0) is 49.2 Å². The van der Waals surface area contributed by atoms with Gasteiger partial charge < -0.3 is 19.9 Å². The van der Waals surface area contributed by atoms with Crippen LogP contribution in [0.1, 0.15) is 35.7 Å². The number of aromatic nitrogens is 1. The highest BCUT2D eigenvalue weighted by atomic mass is 32.2. The molecule has 1 amide bonds. The number of rotatable bonds is 8. The number of piperazine rings is 1. The number of benzene rings is 2. The summed E-state index contributed by atoms with van der Waals surface area (Å²) < 4.78 is 39.7. The van der Waals surface area contributed by atoms with Crippen molar-refractivity contribution in [1.29, 1.82) is 0 Å². The molecule has 1 aromatic heterocycles. The zero-order chi connectivity index (χ0) is 27.9. The average molecular weight is 558 g/mol. The Balaban J connectivity index is 1.22. The van der Waals surface area contributed by atoms with Crippen molar-refractivity contribution in [3.63, 3.8) is 0 Å². The van der Waals surface area contributed by atoms with E-state index in [1.54, 1.807) is 10.6 Å². The van der Waals surface area contributed by atoms with Gasteiger partial charge in [0.2, 0.25) is 21.4 Å². The lowest BCUT2D eigenvalue weighted by Gasteiger charge is -2.36. The molecule has 0 spiro atoms. The molecular weight excluding hydrogens is 529 g/mol. The van der Waals surface area contributed by atoms with E-state index in [9.17, 15) is 27.9 Å². The molecule has 2 aromatic carbocycles. The largest absolute Gasteiger partial charge is 0.477 e. The van der Waals surface area contributed by atoms with Gasteiger partial charge in [-0.15, -0.1) is 0 Å². The Morgan fingerprint density at radius 2 is 1.74 bits per heavy atom. The lowest BCUT2D eigenvalue weighted by molar-refractivity contribution is -0.116. The van der Waals surface area contributed by atoms with E-state index in [0.717, 1.165) is 18.9 Å². The monoisotopic (exact) mass is 557 g/mol. The number of nitrogens with two attached hydrogens (primary N) is 1. The molecule has 2 heterocycles. The first-order chi connectivity index (χ1) is 18.5. The summed E-state index contributed by atoms with van der Waals surface area (Å²) in [5, 5.41) is 17.3. The predicted octanol–water partition coefficient (Wildman–Crippen LogP) is 1.97. The predicted molar refractivity (Wildman–Crippen MR) is 143 cm³/mol. The van der Waals surface area contributed by atoms with Gasteiger partial charge in [0.25, 0.3) is 0 Å². The summed E-state index contributed by atoms with van der Waals surface area (Å²) in [6, 6.07) is 8.47. The fourth-order valence-electron chi connectivity index (χ4n) is 4.83. The maximum Gasteiger partial charge on any atom is 0.341 e. The van der Waals surface area contributed by atoms with Crippen LogP contribution in [0.25, 0.3) is 10.9 Å². The standard InChI is InChI=1S/C26H28FN5O6S/c27-21-13-19-22(32(17-3-4-17)15-20(25(19)34)26(35)36)14-23(21)31-11-9-30(10-12-31)8-7-24(33)29-16-1-5-18(6-2-16)39(28,37)38/h1-2,5-6,13-15,17H,3-4,7-12H2,(H,29,33)(H,35,36)(H2,28,37,38). The summed E-state index contributed by atoms with van der Waals surface area (Å²) in [5.74, 6) is -2.13. The van der Waals surface area contributed by atoms with E-state index in [4.69, 9.17) is 5.14 Å². The number of amides is 1. The summed E-state index contributed by atoms with van der Waals surface area (Å²) in [7, 11) is -3.80. The van der Waals surface area contributed by atoms with Gasteiger partial charge in [-0.2, -0.15) is 0 Å². The van der Waals surface area contributed by atoms with E-state index in [2.05, 4.69) is 10.2 Å². The average Bonchev–Trinajstić information content (AvgIpc) is 3.73. The first-order valence-corrected chi connectivity index (χ1v) is 14.1. The van der Waals surface area contributed by atoms with Crippen LogP contribution in [0.2, 0.25) is 0 Å². The highest BCUT2D eigenvalue weighted by molar-refractivity contribution is 7.89. The molecule has 1 saturated heterocycles. The third kappa shape index (κ3) is 5.79. The molecule has 0 atom stereocenters. The van der Waals surface area contributed by atoms with Crippen LogP contribution >= 0.6 is 0 Å². The van der Waals surface area contributed by atoms with Gasteiger partial charge in [0.15, 0.2) is 0 Å². The topological polar surface area (TPSA) is 155 Å². The number of primary sulfonamides is 1. The van der Waals surface area contributed by atoms with Gasteiger partial charge in [0.1, 0.15) is 11.4 Å². The molecule has 13 heteroatoms. The number of hydrogen-bond acceptors (Lipinski definition) is 7. The second-order valence-electron chi connectivity index (χ2n) is 9.83. The number of halogens is 1. The second kappa shape index (κ2) is 10.4. The van der Waals surface area contributed by atoms with E-state index in [0.29, 0.717) is 49.6 Å². The molecule has 11 nitrogen and oxygen atoms in total. The Kier molecular flexibility index (Phi) is 7.14. The number of carboxylic acid groups (broad SMARTS) is 1. The minimum absolute atomic E-state index is 0.0398. The SMILES string of the molecule is NS(=O)(=O)c1ccc(NC(=O)CCN2CCN(c3cc4c(cc3F)c(=O)c(C(=O)O)cn4C3CC3)CC2)cc1. The van der Waals surface area contributed by atoms with Crippen LogP contribution in [0.15, 0.2) is 52.3 Å².